The molecule has 0 radical (unpaired) electrons. The molecule has 0 fully saturated rings. The molecule has 3 aromatic carbocycles. The summed E-state index contributed by atoms with van der Waals surface area (Å²) in [4.78, 5) is 28.4. The summed E-state index contributed by atoms with van der Waals surface area (Å²) in [6.45, 7) is 1.94. The SMILES string of the molecule is Cc1cccc(N2C(=O)C(SCc3ccccc3)=C(c3ccc(Cl)cc3)C2=O)c1. The number of hydrogen-bond acceptors (Lipinski definition) is 3. The minimum absolute atomic E-state index is 0.286. The van der Waals surface area contributed by atoms with Gasteiger partial charge in [-0.05, 0) is 47.9 Å². The van der Waals surface area contributed by atoms with Gasteiger partial charge in [0.2, 0.25) is 0 Å². The van der Waals surface area contributed by atoms with Gasteiger partial charge in [-0.2, -0.15) is 0 Å². The van der Waals surface area contributed by atoms with Crippen molar-refractivity contribution in [1.82, 2.24) is 0 Å². The number of thioether (sulfide) groups is 1. The minimum Gasteiger partial charge on any atom is -0.268 e. The summed E-state index contributed by atoms with van der Waals surface area (Å²) in [6.07, 6.45) is 0. The molecule has 3 aromatic rings. The quantitative estimate of drug-likeness (QED) is 0.485. The van der Waals surface area contributed by atoms with Gasteiger partial charge in [0.1, 0.15) is 0 Å². The Morgan fingerprint density at radius 2 is 1.59 bits per heavy atom. The van der Waals surface area contributed by atoms with Crippen LogP contribution in [0.15, 0.2) is 83.8 Å². The summed E-state index contributed by atoms with van der Waals surface area (Å²) in [5.74, 6) is 0.0125. The summed E-state index contributed by atoms with van der Waals surface area (Å²) >= 11 is 7.41. The fourth-order valence-corrected chi connectivity index (χ4v) is 4.44. The summed E-state index contributed by atoms with van der Waals surface area (Å²) in [5, 5.41) is 0.583. The Balaban J connectivity index is 1.75. The molecule has 0 aromatic heterocycles. The van der Waals surface area contributed by atoms with Crippen molar-refractivity contribution in [2.24, 2.45) is 0 Å². The smallest absolute Gasteiger partial charge is 0.268 e. The maximum absolute atomic E-state index is 13.3. The number of imide groups is 1. The Bertz CT molecular complexity index is 1110. The van der Waals surface area contributed by atoms with Crippen LogP contribution in [0.5, 0.6) is 0 Å². The molecule has 3 nitrogen and oxygen atoms in total. The Hall–Kier alpha value is -2.82. The highest BCUT2D eigenvalue weighted by Crippen LogP contribution is 2.39. The second-order valence-electron chi connectivity index (χ2n) is 6.77. The molecule has 0 N–H and O–H groups in total. The Kier molecular flexibility index (Phi) is 5.56. The molecule has 1 heterocycles. The summed E-state index contributed by atoms with van der Waals surface area (Å²) in [6, 6.07) is 24.4. The van der Waals surface area contributed by atoms with E-state index in [1.165, 1.54) is 16.7 Å². The topological polar surface area (TPSA) is 37.4 Å². The Morgan fingerprint density at radius 1 is 0.862 bits per heavy atom. The molecule has 4 rings (SSSR count). The lowest BCUT2D eigenvalue weighted by atomic mass is 10.1. The minimum atomic E-state index is -0.307. The second kappa shape index (κ2) is 8.27. The lowest BCUT2D eigenvalue weighted by Gasteiger charge is -2.15. The van der Waals surface area contributed by atoms with Gasteiger partial charge in [0.25, 0.3) is 11.8 Å². The number of amides is 2. The first-order chi connectivity index (χ1) is 14.0. The van der Waals surface area contributed by atoms with Gasteiger partial charge in [0.05, 0.1) is 16.2 Å². The van der Waals surface area contributed by atoms with Crippen molar-refractivity contribution in [1.29, 1.82) is 0 Å². The van der Waals surface area contributed by atoms with E-state index in [1.807, 2.05) is 55.5 Å². The number of nitrogens with zero attached hydrogens (tertiary/aromatic N) is 1. The van der Waals surface area contributed by atoms with Crippen LogP contribution in [0.25, 0.3) is 5.57 Å². The van der Waals surface area contributed by atoms with Crippen molar-refractivity contribution in [3.05, 3.63) is 105 Å². The zero-order valence-electron chi connectivity index (χ0n) is 15.8. The average molecular weight is 420 g/mol. The van der Waals surface area contributed by atoms with Crippen LogP contribution in [0, 0.1) is 6.92 Å². The molecule has 1 aliphatic rings. The molecule has 5 heteroatoms. The van der Waals surface area contributed by atoms with Gasteiger partial charge in [-0.3, -0.25) is 9.59 Å². The van der Waals surface area contributed by atoms with Crippen molar-refractivity contribution in [2.75, 3.05) is 4.90 Å². The molecular formula is C24H18ClNO2S. The fourth-order valence-electron chi connectivity index (χ4n) is 3.25. The molecule has 29 heavy (non-hydrogen) atoms. The number of aryl methyl sites for hydroxylation is 1. The maximum atomic E-state index is 13.3. The van der Waals surface area contributed by atoms with E-state index in [9.17, 15) is 9.59 Å². The lowest BCUT2D eigenvalue weighted by molar-refractivity contribution is -0.119. The maximum Gasteiger partial charge on any atom is 0.272 e. The number of hydrogen-bond donors (Lipinski definition) is 0. The van der Waals surface area contributed by atoms with E-state index in [1.54, 1.807) is 30.3 Å². The van der Waals surface area contributed by atoms with Crippen LogP contribution in [0.2, 0.25) is 5.02 Å². The van der Waals surface area contributed by atoms with E-state index in [-0.39, 0.29) is 11.8 Å². The molecule has 0 bridgehead atoms. The largest absolute Gasteiger partial charge is 0.272 e. The van der Waals surface area contributed by atoms with Gasteiger partial charge in [0, 0.05) is 10.8 Å². The lowest BCUT2D eigenvalue weighted by Crippen LogP contribution is -2.31. The van der Waals surface area contributed by atoms with Crippen LogP contribution in [0.4, 0.5) is 5.69 Å². The molecule has 1 aliphatic heterocycles. The number of rotatable bonds is 5. The number of carbonyl (C=O) groups is 2. The fraction of sp³-hybridized carbons (Fsp3) is 0.0833. The highest BCUT2D eigenvalue weighted by atomic mass is 35.5. The molecule has 144 valence electrons. The van der Waals surface area contributed by atoms with Gasteiger partial charge in [-0.25, -0.2) is 4.90 Å². The van der Waals surface area contributed by atoms with Crippen LogP contribution in [-0.2, 0) is 15.3 Å². The molecule has 0 saturated carbocycles. The predicted molar refractivity (Wildman–Crippen MR) is 120 cm³/mol. The van der Waals surface area contributed by atoms with E-state index in [2.05, 4.69) is 0 Å². The molecule has 0 aliphatic carbocycles. The van der Waals surface area contributed by atoms with Crippen LogP contribution >= 0.6 is 23.4 Å². The first-order valence-electron chi connectivity index (χ1n) is 9.17. The molecule has 0 saturated heterocycles. The van der Waals surface area contributed by atoms with E-state index in [0.29, 0.717) is 32.5 Å². The van der Waals surface area contributed by atoms with Crippen LogP contribution in [-0.4, -0.2) is 11.8 Å². The zero-order chi connectivity index (χ0) is 20.4. The van der Waals surface area contributed by atoms with E-state index in [4.69, 9.17) is 11.6 Å². The highest BCUT2D eigenvalue weighted by molar-refractivity contribution is 8.03. The first kappa shape index (κ1) is 19.5. The standard InChI is InChI=1S/C24H18ClNO2S/c1-16-6-5-9-20(14-16)26-23(27)21(18-10-12-19(25)13-11-18)22(24(26)28)29-15-17-7-3-2-4-8-17/h2-14H,15H2,1H3. The number of anilines is 1. The monoisotopic (exact) mass is 419 g/mol. The third-order valence-electron chi connectivity index (χ3n) is 4.66. The predicted octanol–water partition coefficient (Wildman–Crippen LogP) is 5.87. The van der Waals surface area contributed by atoms with Crippen molar-refractivity contribution in [2.45, 2.75) is 12.7 Å². The van der Waals surface area contributed by atoms with Gasteiger partial charge in [-0.1, -0.05) is 66.2 Å². The summed E-state index contributed by atoms with van der Waals surface area (Å²) in [5.41, 5.74) is 3.78. The number of halogens is 1. The molecular weight excluding hydrogens is 402 g/mol. The van der Waals surface area contributed by atoms with E-state index >= 15 is 0 Å². The van der Waals surface area contributed by atoms with Gasteiger partial charge in [0.15, 0.2) is 0 Å². The summed E-state index contributed by atoms with van der Waals surface area (Å²) < 4.78 is 0. The van der Waals surface area contributed by atoms with E-state index < -0.39 is 0 Å². The molecule has 0 atom stereocenters. The summed E-state index contributed by atoms with van der Waals surface area (Å²) in [7, 11) is 0. The van der Waals surface area contributed by atoms with Crippen LogP contribution in [0.3, 0.4) is 0 Å². The normalized spacial score (nSPS) is 14.1. The van der Waals surface area contributed by atoms with Crippen molar-refractivity contribution in [3.63, 3.8) is 0 Å². The Labute approximate surface area is 179 Å². The molecule has 0 unspecified atom stereocenters. The van der Waals surface area contributed by atoms with Crippen LogP contribution < -0.4 is 4.90 Å². The number of benzene rings is 3. The third-order valence-corrected chi connectivity index (χ3v) is 6.06. The second-order valence-corrected chi connectivity index (χ2v) is 8.19. The van der Waals surface area contributed by atoms with Crippen molar-refractivity contribution in [3.8, 4) is 0 Å². The van der Waals surface area contributed by atoms with Crippen LogP contribution in [0.1, 0.15) is 16.7 Å². The van der Waals surface area contributed by atoms with E-state index in [0.717, 1.165) is 11.1 Å². The first-order valence-corrected chi connectivity index (χ1v) is 10.5. The van der Waals surface area contributed by atoms with Crippen molar-refractivity contribution < 1.29 is 9.59 Å². The van der Waals surface area contributed by atoms with Gasteiger partial charge < -0.3 is 0 Å². The van der Waals surface area contributed by atoms with Crippen molar-refractivity contribution >= 4 is 46.4 Å². The average Bonchev–Trinajstić information content (AvgIpc) is 2.97. The highest BCUT2D eigenvalue weighted by Gasteiger charge is 2.40. The molecule has 2 amide bonds. The number of carbonyl (C=O) groups excluding carboxylic acids is 2. The Morgan fingerprint density at radius 3 is 2.28 bits per heavy atom. The zero-order valence-corrected chi connectivity index (χ0v) is 17.3. The van der Waals surface area contributed by atoms with Gasteiger partial charge in [-0.15, -0.1) is 11.8 Å². The molecule has 0 spiro atoms. The van der Waals surface area contributed by atoms with Gasteiger partial charge >= 0.3 is 0 Å². The third kappa shape index (κ3) is 4.00.